The maximum Gasteiger partial charge on any atom is 0.274 e. The summed E-state index contributed by atoms with van der Waals surface area (Å²) in [5.41, 5.74) is 7.74. The molecular weight excluding hydrogens is 230 g/mol. The van der Waals surface area contributed by atoms with Crippen LogP contribution in [0.1, 0.15) is 25.3 Å². The van der Waals surface area contributed by atoms with Gasteiger partial charge in [-0.15, -0.1) is 0 Å². The fraction of sp³-hybridized carbons (Fsp3) is 0.538. The fourth-order valence-electron chi connectivity index (χ4n) is 2.57. The van der Waals surface area contributed by atoms with Crippen LogP contribution in [0.25, 0.3) is 0 Å². The first-order valence-corrected chi connectivity index (χ1v) is 6.26. The van der Waals surface area contributed by atoms with E-state index in [1.165, 1.54) is 0 Å². The average Bonchev–Trinajstić information content (AvgIpc) is 2.30. The molecule has 0 aromatic heterocycles. The van der Waals surface area contributed by atoms with Crippen LogP contribution in [0.3, 0.4) is 0 Å². The summed E-state index contributed by atoms with van der Waals surface area (Å²) < 4.78 is 0. The standard InChI is InChI=1S/C13H19N3O2/c1-9-3-4-12(8-13(9)16(17)18)15-6-5-11(14)7-10(15)2/h3-4,8,10-11H,5-7,14H2,1-2H3. The Hall–Kier alpha value is -1.62. The molecule has 0 bridgehead atoms. The molecule has 5 heteroatoms. The second-order valence-corrected chi connectivity index (χ2v) is 5.05. The number of rotatable bonds is 2. The van der Waals surface area contributed by atoms with E-state index in [1.807, 2.05) is 12.1 Å². The number of piperidine rings is 1. The van der Waals surface area contributed by atoms with Crippen LogP contribution in [0.15, 0.2) is 18.2 Å². The summed E-state index contributed by atoms with van der Waals surface area (Å²) in [6, 6.07) is 6.01. The highest BCUT2D eigenvalue weighted by Gasteiger charge is 2.24. The zero-order valence-corrected chi connectivity index (χ0v) is 10.8. The van der Waals surface area contributed by atoms with Crippen LogP contribution in [0, 0.1) is 17.0 Å². The third-order valence-electron chi connectivity index (χ3n) is 3.64. The molecule has 1 saturated heterocycles. The summed E-state index contributed by atoms with van der Waals surface area (Å²) >= 11 is 0. The van der Waals surface area contributed by atoms with Crippen molar-refractivity contribution in [1.29, 1.82) is 0 Å². The van der Waals surface area contributed by atoms with Crippen LogP contribution in [-0.2, 0) is 0 Å². The lowest BCUT2D eigenvalue weighted by Crippen LogP contribution is -2.45. The Kier molecular flexibility index (Phi) is 3.52. The molecule has 98 valence electrons. The number of aryl methyl sites for hydroxylation is 1. The summed E-state index contributed by atoms with van der Waals surface area (Å²) in [5, 5.41) is 11.0. The van der Waals surface area contributed by atoms with Gasteiger partial charge in [0.2, 0.25) is 0 Å². The van der Waals surface area contributed by atoms with E-state index in [2.05, 4.69) is 11.8 Å². The predicted molar refractivity (Wildman–Crippen MR) is 71.9 cm³/mol. The van der Waals surface area contributed by atoms with Gasteiger partial charge in [-0.05, 0) is 32.8 Å². The van der Waals surface area contributed by atoms with Gasteiger partial charge in [0.1, 0.15) is 0 Å². The molecule has 1 aliphatic rings. The summed E-state index contributed by atoms with van der Waals surface area (Å²) in [6.45, 7) is 4.74. The van der Waals surface area contributed by atoms with Crippen molar-refractivity contribution < 1.29 is 4.92 Å². The maximum absolute atomic E-state index is 11.0. The van der Waals surface area contributed by atoms with Crippen molar-refractivity contribution in [2.75, 3.05) is 11.4 Å². The van der Waals surface area contributed by atoms with Gasteiger partial charge in [-0.2, -0.15) is 0 Å². The number of nitrogens with two attached hydrogens (primary N) is 1. The van der Waals surface area contributed by atoms with E-state index in [9.17, 15) is 10.1 Å². The summed E-state index contributed by atoms with van der Waals surface area (Å²) in [7, 11) is 0. The molecular formula is C13H19N3O2. The summed E-state index contributed by atoms with van der Waals surface area (Å²) in [5.74, 6) is 0. The van der Waals surface area contributed by atoms with Crippen molar-refractivity contribution >= 4 is 11.4 Å². The lowest BCUT2D eigenvalue weighted by molar-refractivity contribution is -0.385. The molecule has 18 heavy (non-hydrogen) atoms. The maximum atomic E-state index is 11.0. The molecule has 0 amide bonds. The first-order chi connectivity index (χ1) is 8.49. The lowest BCUT2D eigenvalue weighted by Gasteiger charge is -2.38. The SMILES string of the molecule is Cc1ccc(N2CCC(N)CC2C)cc1[N+](=O)[O-]. The Morgan fingerprint density at radius 1 is 1.50 bits per heavy atom. The van der Waals surface area contributed by atoms with Gasteiger partial charge in [0.25, 0.3) is 5.69 Å². The molecule has 1 heterocycles. The quantitative estimate of drug-likeness (QED) is 0.644. The average molecular weight is 249 g/mol. The Balaban J connectivity index is 2.28. The van der Waals surface area contributed by atoms with Crippen molar-refractivity contribution in [3.63, 3.8) is 0 Å². The zero-order chi connectivity index (χ0) is 13.3. The highest BCUT2D eigenvalue weighted by molar-refractivity contribution is 5.57. The number of nitro groups is 1. The van der Waals surface area contributed by atoms with Crippen molar-refractivity contribution in [3.8, 4) is 0 Å². The molecule has 2 rings (SSSR count). The molecule has 0 saturated carbocycles. The van der Waals surface area contributed by atoms with Crippen molar-refractivity contribution in [2.24, 2.45) is 5.73 Å². The van der Waals surface area contributed by atoms with Crippen LogP contribution >= 0.6 is 0 Å². The van der Waals surface area contributed by atoms with Gasteiger partial charge in [0.15, 0.2) is 0 Å². The van der Waals surface area contributed by atoms with Gasteiger partial charge in [0.05, 0.1) is 4.92 Å². The van der Waals surface area contributed by atoms with Crippen LogP contribution in [-0.4, -0.2) is 23.6 Å². The van der Waals surface area contributed by atoms with Crippen molar-refractivity contribution in [3.05, 3.63) is 33.9 Å². The third kappa shape index (κ3) is 2.46. The molecule has 1 aromatic carbocycles. The molecule has 0 radical (unpaired) electrons. The van der Waals surface area contributed by atoms with E-state index < -0.39 is 0 Å². The van der Waals surface area contributed by atoms with E-state index in [-0.39, 0.29) is 16.7 Å². The predicted octanol–water partition coefficient (Wildman–Crippen LogP) is 2.22. The molecule has 1 aliphatic heterocycles. The molecule has 2 N–H and O–H groups in total. The fourth-order valence-corrected chi connectivity index (χ4v) is 2.57. The van der Waals surface area contributed by atoms with E-state index >= 15 is 0 Å². The van der Waals surface area contributed by atoms with Crippen LogP contribution in [0.2, 0.25) is 0 Å². The van der Waals surface area contributed by atoms with Crippen LogP contribution in [0.5, 0.6) is 0 Å². The third-order valence-corrected chi connectivity index (χ3v) is 3.64. The first kappa shape index (κ1) is 12.8. The molecule has 1 aromatic rings. The Labute approximate surface area is 107 Å². The number of hydrogen-bond donors (Lipinski definition) is 1. The molecule has 1 fully saturated rings. The molecule has 0 spiro atoms. The number of nitro benzene ring substituents is 1. The Bertz CT molecular complexity index is 462. The van der Waals surface area contributed by atoms with E-state index in [1.54, 1.807) is 13.0 Å². The first-order valence-electron chi connectivity index (χ1n) is 6.26. The van der Waals surface area contributed by atoms with Gasteiger partial charge in [0, 0.05) is 35.9 Å². The van der Waals surface area contributed by atoms with Crippen molar-refractivity contribution in [2.45, 2.75) is 38.8 Å². The van der Waals surface area contributed by atoms with Gasteiger partial charge in [-0.1, -0.05) is 6.07 Å². The summed E-state index contributed by atoms with van der Waals surface area (Å²) in [6.07, 6.45) is 1.87. The Morgan fingerprint density at radius 2 is 2.22 bits per heavy atom. The minimum absolute atomic E-state index is 0.189. The highest BCUT2D eigenvalue weighted by Crippen LogP contribution is 2.29. The van der Waals surface area contributed by atoms with E-state index in [0.717, 1.165) is 25.1 Å². The van der Waals surface area contributed by atoms with E-state index in [4.69, 9.17) is 5.73 Å². The topological polar surface area (TPSA) is 72.4 Å². The van der Waals surface area contributed by atoms with Gasteiger partial charge in [-0.3, -0.25) is 10.1 Å². The molecule has 5 nitrogen and oxygen atoms in total. The van der Waals surface area contributed by atoms with Crippen LogP contribution < -0.4 is 10.6 Å². The molecule has 0 aliphatic carbocycles. The minimum Gasteiger partial charge on any atom is -0.369 e. The summed E-state index contributed by atoms with van der Waals surface area (Å²) in [4.78, 5) is 12.8. The second kappa shape index (κ2) is 4.94. The normalized spacial score (nSPS) is 24.1. The monoisotopic (exact) mass is 249 g/mol. The van der Waals surface area contributed by atoms with Crippen molar-refractivity contribution in [1.82, 2.24) is 0 Å². The van der Waals surface area contributed by atoms with Gasteiger partial charge < -0.3 is 10.6 Å². The molecule has 2 unspecified atom stereocenters. The van der Waals surface area contributed by atoms with Gasteiger partial charge >= 0.3 is 0 Å². The largest absolute Gasteiger partial charge is 0.369 e. The smallest absolute Gasteiger partial charge is 0.274 e. The number of anilines is 1. The van der Waals surface area contributed by atoms with E-state index in [0.29, 0.717) is 11.6 Å². The van der Waals surface area contributed by atoms with Crippen LogP contribution in [0.4, 0.5) is 11.4 Å². The number of nitrogens with zero attached hydrogens (tertiary/aromatic N) is 2. The second-order valence-electron chi connectivity index (χ2n) is 5.05. The highest BCUT2D eigenvalue weighted by atomic mass is 16.6. The van der Waals surface area contributed by atoms with Gasteiger partial charge in [-0.25, -0.2) is 0 Å². The number of benzene rings is 1. The molecule has 2 atom stereocenters. The number of hydrogen-bond acceptors (Lipinski definition) is 4. The zero-order valence-electron chi connectivity index (χ0n) is 10.8. The minimum atomic E-state index is -0.320. The Morgan fingerprint density at radius 3 is 2.83 bits per heavy atom. The lowest BCUT2D eigenvalue weighted by atomic mass is 9.98.